The number of hydrogen-bond acceptors (Lipinski definition) is 3. The molecule has 0 aliphatic carbocycles. The van der Waals surface area contributed by atoms with E-state index in [1.807, 2.05) is 0 Å². The second kappa shape index (κ2) is 6.09. The van der Waals surface area contributed by atoms with Gasteiger partial charge in [-0.2, -0.15) is 0 Å². The first-order chi connectivity index (χ1) is 9.02. The molecular weight excluding hydrogens is 289 g/mol. The van der Waals surface area contributed by atoms with Crippen molar-refractivity contribution in [2.75, 3.05) is 13.2 Å². The van der Waals surface area contributed by atoms with Crippen molar-refractivity contribution in [3.63, 3.8) is 0 Å². The number of rotatable bonds is 3. The maximum absolute atomic E-state index is 12.2. The van der Waals surface area contributed by atoms with E-state index >= 15 is 0 Å². The molecule has 1 aromatic carbocycles. The maximum atomic E-state index is 12.2. The zero-order valence-corrected chi connectivity index (χ0v) is 11.7. The summed E-state index contributed by atoms with van der Waals surface area (Å²) in [4.78, 5) is 13.7. The number of nitrogens with zero attached hydrogens (tertiary/aromatic N) is 1. The number of halogens is 2. The summed E-state index contributed by atoms with van der Waals surface area (Å²) >= 11 is 11.7. The molecule has 19 heavy (non-hydrogen) atoms. The van der Waals surface area contributed by atoms with Crippen molar-refractivity contribution in [3.8, 4) is 0 Å². The van der Waals surface area contributed by atoms with Crippen LogP contribution in [0.15, 0.2) is 18.2 Å². The first-order valence-corrected chi connectivity index (χ1v) is 6.84. The Balaban J connectivity index is 2.18. The van der Waals surface area contributed by atoms with Gasteiger partial charge >= 0.3 is 0 Å². The lowest BCUT2D eigenvalue weighted by Crippen LogP contribution is -2.40. The molecule has 2 N–H and O–H groups in total. The highest BCUT2D eigenvalue weighted by Crippen LogP contribution is 2.27. The molecule has 1 aromatic rings. The van der Waals surface area contributed by atoms with Gasteiger partial charge < -0.3 is 15.1 Å². The van der Waals surface area contributed by atoms with E-state index in [1.165, 1.54) is 23.1 Å². The van der Waals surface area contributed by atoms with Crippen molar-refractivity contribution in [2.45, 2.75) is 25.0 Å². The number of aliphatic hydroxyl groups is 2. The first kappa shape index (κ1) is 14.6. The van der Waals surface area contributed by atoms with Crippen LogP contribution in [0.2, 0.25) is 10.0 Å². The summed E-state index contributed by atoms with van der Waals surface area (Å²) in [7, 11) is 0. The molecule has 2 rings (SSSR count). The molecule has 1 aliphatic rings. The summed E-state index contributed by atoms with van der Waals surface area (Å²) in [5.41, 5.74) is 0.367. The Labute approximate surface area is 121 Å². The van der Waals surface area contributed by atoms with Gasteiger partial charge in [-0.15, -0.1) is 0 Å². The second-order valence-electron chi connectivity index (χ2n) is 4.62. The third kappa shape index (κ3) is 3.20. The predicted molar refractivity (Wildman–Crippen MR) is 73.2 cm³/mol. The van der Waals surface area contributed by atoms with Crippen LogP contribution in [0.5, 0.6) is 0 Å². The number of hydrogen-bond donors (Lipinski definition) is 2. The number of carbonyl (C=O) groups is 1. The molecule has 104 valence electrons. The van der Waals surface area contributed by atoms with Crippen molar-refractivity contribution in [3.05, 3.63) is 33.8 Å². The van der Waals surface area contributed by atoms with Gasteiger partial charge in [0.25, 0.3) is 5.91 Å². The zero-order valence-electron chi connectivity index (χ0n) is 10.2. The summed E-state index contributed by atoms with van der Waals surface area (Å²) in [6.45, 7) is 0.462. The van der Waals surface area contributed by atoms with Crippen LogP contribution in [0.4, 0.5) is 0 Å². The van der Waals surface area contributed by atoms with Crippen molar-refractivity contribution in [1.29, 1.82) is 0 Å². The van der Waals surface area contributed by atoms with E-state index in [1.54, 1.807) is 0 Å². The van der Waals surface area contributed by atoms with Crippen molar-refractivity contribution >= 4 is 29.1 Å². The number of amides is 1. The Hall–Kier alpha value is -0.810. The third-order valence-electron chi connectivity index (χ3n) is 3.31. The van der Waals surface area contributed by atoms with Crippen LogP contribution in [0, 0.1) is 0 Å². The van der Waals surface area contributed by atoms with Gasteiger partial charge in [0.05, 0.1) is 12.6 Å². The van der Waals surface area contributed by atoms with Gasteiger partial charge in [0, 0.05) is 16.6 Å². The van der Waals surface area contributed by atoms with Crippen LogP contribution in [-0.4, -0.2) is 40.2 Å². The Kier molecular flexibility index (Phi) is 4.68. The lowest BCUT2D eigenvalue weighted by molar-refractivity contribution is -0.142. The lowest BCUT2D eigenvalue weighted by Gasteiger charge is -2.25. The van der Waals surface area contributed by atoms with Crippen LogP contribution in [0.1, 0.15) is 24.5 Å². The Morgan fingerprint density at radius 2 is 2.00 bits per heavy atom. The number of benzene rings is 1. The van der Waals surface area contributed by atoms with E-state index in [2.05, 4.69) is 0 Å². The summed E-state index contributed by atoms with van der Waals surface area (Å²) in [5.74, 6) is -0.421. The third-order valence-corrected chi connectivity index (χ3v) is 3.74. The van der Waals surface area contributed by atoms with Crippen LogP contribution in [-0.2, 0) is 4.79 Å². The monoisotopic (exact) mass is 303 g/mol. The Morgan fingerprint density at radius 1 is 1.37 bits per heavy atom. The molecule has 1 heterocycles. The lowest BCUT2D eigenvalue weighted by atomic mass is 10.1. The first-order valence-electron chi connectivity index (χ1n) is 6.08. The van der Waals surface area contributed by atoms with Crippen LogP contribution in [0.25, 0.3) is 0 Å². The van der Waals surface area contributed by atoms with Crippen LogP contribution in [0.3, 0.4) is 0 Å². The quantitative estimate of drug-likeness (QED) is 0.898. The fraction of sp³-hybridized carbons (Fsp3) is 0.462. The molecule has 0 bridgehead atoms. The van der Waals surface area contributed by atoms with Gasteiger partial charge in [-0.3, -0.25) is 4.79 Å². The summed E-state index contributed by atoms with van der Waals surface area (Å²) in [6.07, 6.45) is 0.286. The highest BCUT2D eigenvalue weighted by Gasteiger charge is 2.32. The fourth-order valence-electron chi connectivity index (χ4n) is 2.35. The molecule has 1 fully saturated rings. The molecule has 6 heteroatoms. The van der Waals surface area contributed by atoms with Crippen molar-refractivity contribution < 1.29 is 15.0 Å². The molecule has 4 nitrogen and oxygen atoms in total. The van der Waals surface area contributed by atoms with Crippen LogP contribution < -0.4 is 0 Å². The minimum absolute atomic E-state index is 0.0885. The fourth-order valence-corrected chi connectivity index (χ4v) is 2.89. The van der Waals surface area contributed by atoms with Gasteiger partial charge in [0.2, 0.25) is 0 Å². The minimum atomic E-state index is -1.30. The van der Waals surface area contributed by atoms with Crippen LogP contribution >= 0.6 is 23.2 Å². The van der Waals surface area contributed by atoms with Crippen molar-refractivity contribution in [1.82, 2.24) is 4.90 Å². The minimum Gasteiger partial charge on any atom is -0.394 e. The molecule has 0 radical (unpaired) electrons. The number of likely N-dealkylation sites (tertiary alicyclic amines) is 1. The number of carbonyl (C=O) groups excluding carboxylic acids is 1. The normalized spacial score (nSPS) is 20.6. The molecule has 1 aliphatic heterocycles. The molecule has 0 saturated carbocycles. The predicted octanol–water partition coefficient (Wildman–Crippen LogP) is 2.01. The summed E-state index contributed by atoms with van der Waals surface area (Å²) < 4.78 is 0. The average molecular weight is 304 g/mol. The van der Waals surface area contributed by atoms with Gasteiger partial charge in [0.1, 0.15) is 0 Å². The molecule has 0 spiro atoms. The Bertz CT molecular complexity index is 461. The number of aliphatic hydroxyl groups excluding tert-OH is 2. The molecule has 1 saturated heterocycles. The maximum Gasteiger partial charge on any atom is 0.256 e. The van der Waals surface area contributed by atoms with Gasteiger partial charge in [-0.05, 0) is 36.6 Å². The van der Waals surface area contributed by atoms with E-state index < -0.39 is 12.0 Å². The molecule has 1 unspecified atom stereocenters. The SMILES string of the molecule is O=C(C(O)c1cc(Cl)cc(Cl)c1)N1CCC[C@H]1CO. The molecule has 0 aromatic heterocycles. The smallest absolute Gasteiger partial charge is 0.256 e. The van der Waals surface area contributed by atoms with E-state index in [4.69, 9.17) is 23.2 Å². The van der Waals surface area contributed by atoms with E-state index in [-0.39, 0.29) is 12.6 Å². The summed E-state index contributed by atoms with van der Waals surface area (Å²) in [6, 6.07) is 4.35. The summed E-state index contributed by atoms with van der Waals surface area (Å²) in [5, 5.41) is 20.1. The van der Waals surface area contributed by atoms with Gasteiger partial charge in [-0.1, -0.05) is 23.2 Å². The highest BCUT2D eigenvalue weighted by atomic mass is 35.5. The molecule has 2 atom stereocenters. The van der Waals surface area contributed by atoms with Crippen molar-refractivity contribution in [2.24, 2.45) is 0 Å². The highest BCUT2D eigenvalue weighted by molar-refractivity contribution is 6.34. The Morgan fingerprint density at radius 3 is 2.58 bits per heavy atom. The van der Waals surface area contributed by atoms with Gasteiger partial charge in [-0.25, -0.2) is 0 Å². The zero-order chi connectivity index (χ0) is 14.0. The van der Waals surface area contributed by atoms with E-state index in [0.29, 0.717) is 22.2 Å². The standard InChI is InChI=1S/C13H15Cl2NO3/c14-9-4-8(5-10(15)6-9)12(18)13(19)16-3-1-2-11(16)7-17/h4-6,11-12,17-18H,1-3,7H2/t11-,12?/m0/s1. The topological polar surface area (TPSA) is 60.8 Å². The van der Waals surface area contributed by atoms with Gasteiger partial charge in [0.15, 0.2) is 6.10 Å². The average Bonchev–Trinajstić information content (AvgIpc) is 2.84. The second-order valence-corrected chi connectivity index (χ2v) is 5.49. The van der Waals surface area contributed by atoms with E-state index in [0.717, 1.165) is 12.8 Å². The van der Waals surface area contributed by atoms with E-state index in [9.17, 15) is 15.0 Å². The largest absolute Gasteiger partial charge is 0.394 e. The molecule has 1 amide bonds. The molecular formula is C13H15Cl2NO3.